The molecular weight excluding hydrogens is 268 g/mol. The van der Waals surface area contributed by atoms with Crippen LogP contribution in [-0.2, 0) is 11.3 Å². The summed E-state index contributed by atoms with van der Waals surface area (Å²) in [7, 11) is 3.28. The van der Waals surface area contributed by atoms with Gasteiger partial charge in [0.15, 0.2) is 5.82 Å². The first-order valence-electron chi connectivity index (χ1n) is 7.61. The van der Waals surface area contributed by atoms with E-state index in [1.807, 2.05) is 6.07 Å². The van der Waals surface area contributed by atoms with E-state index in [1.165, 1.54) is 0 Å². The fourth-order valence-corrected chi connectivity index (χ4v) is 2.76. The topological polar surface area (TPSA) is 50.7 Å². The Morgan fingerprint density at radius 3 is 2.67 bits per heavy atom. The van der Waals surface area contributed by atoms with Crippen LogP contribution in [0, 0.1) is 0 Å². The van der Waals surface area contributed by atoms with E-state index < -0.39 is 0 Å². The molecule has 1 fully saturated rings. The van der Waals surface area contributed by atoms with Crippen LogP contribution in [0.15, 0.2) is 6.07 Å². The molecule has 1 unspecified atom stereocenters. The second-order valence-corrected chi connectivity index (χ2v) is 5.27. The average molecular weight is 294 g/mol. The van der Waals surface area contributed by atoms with Gasteiger partial charge in [-0.3, -0.25) is 4.90 Å². The standard InChI is InChI=1S/C15H26N4O2/c1-5-12-10-18(6-2)7-8-19(12)14-9-15(21-4)17-13(16-14)11-20-3/h9,12H,5-8,10-11H2,1-4H3. The number of hydrogen-bond acceptors (Lipinski definition) is 6. The van der Waals surface area contributed by atoms with Crippen LogP contribution >= 0.6 is 0 Å². The fourth-order valence-electron chi connectivity index (χ4n) is 2.76. The molecular formula is C15H26N4O2. The summed E-state index contributed by atoms with van der Waals surface area (Å²) in [6.45, 7) is 9.08. The highest BCUT2D eigenvalue weighted by Gasteiger charge is 2.26. The lowest BCUT2D eigenvalue weighted by Crippen LogP contribution is -2.53. The number of methoxy groups -OCH3 is 2. The van der Waals surface area contributed by atoms with Crippen molar-refractivity contribution < 1.29 is 9.47 Å². The summed E-state index contributed by atoms with van der Waals surface area (Å²) in [5.74, 6) is 2.20. The molecule has 0 bridgehead atoms. The van der Waals surface area contributed by atoms with Crippen molar-refractivity contribution in [3.05, 3.63) is 11.9 Å². The van der Waals surface area contributed by atoms with Crippen LogP contribution in [0.1, 0.15) is 26.1 Å². The molecule has 0 saturated carbocycles. The largest absolute Gasteiger partial charge is 0.481 e. The van der Waals surface area contributed by atoms with Gasteiger partial charge >= 0.3 is 0 Å². The molecule has 6 nitrogen and oxygen atoms in total. The molecule has 0 radical (unpaired) electrons. The number of hydrogen-bond donors (Lipinski definition) is 0. The number of nitrogens with zero attached hydrogens (tertiary/aromatic N) is 4. The van der Waals surface area contributed by atoms with Crippen molar-refractivity contribution in [3.8, 4) is 5.88 Å². The van der Waals surface area contributed by atoms with E-state index in [0.717, 1.165) is 38.4 Å². The second-order valence-electron chi connectivity index (χ2n) is 5.27. The monoisotopic (exact) mass is 294 g/mol. The van der Waals surface area contributed by atoms with E-state index in [0.29, 0.717) is 24.4 Å². The Bertz CT molecular complexity index is 455. The second kappa shape index (κ2) is 7.56. The quantitative estimate of drug-likeness (QED) is 0.793. The molecule has 21 heavy (non-hydrogen) atoms. The number of piperazine rings is 1. The third-order valence-corrected chi connectivity index (χ3v) is 4.00. The van der Waals surface area contributed by atoms with Crippen LogP contribution in [-0.4, -0.2) is 61.3 Å². The van der Waals surface area contributed by atoms with Crippen LogP contribution in [0.4, 0.5) is 5.82 Å². The first kappa shape index (κ1) is 16.0. The van der Waals surface area contributed by atoms with E-state index in [1.54, 1.807) is 14.2 Å². The highest BCUT2D eigenvalue weighted by molar-refractivity contribution is 5.43. The van der Waals surface area contributed by atoms with Crippen molar-refractivity contribution in [2.24, 2.45) is 0 Å². The first-order chi connectivity index (χ1) is 10.2. The van der Waals surface area contributed by atoms with Crippen molar-refractivity contribution in [1.29, 1.82) is 0 Å². The lowest BCUT2D eigenvalue weighted by molar-refractivity contribution is 0.176. The summed E-state index contributed by atoms with van der Waals surface area (Å²) in [6.07, 6.45) is 1.10. The Balaban J connectivity index is 2.24. The van der Waals surface area contributed by atoms with Crippen molar-refractivity contribution in [3.63, 3.8) is 0 Å². The van der Waals surface area contributed by atoms with Crippen molar-refractivity contribution in [2.45, 2.75) is 32.9 Å². The van der Waals surface area contributed by atoms with Gasteiger partial charge in [-0.25, -0.2) is 4.98 Å². The van der Waals surface area contributed by atoms with Crippen LogP contribution < -0.4 is 9.64 Å². The summed E-state index contributed by atoms with van der Waals surface area (Å²) in [4.78, 5) is 13.8. The molecule has 1 aromatic rings. The van der Waals surface area contributed by atoms with Crippen molar-refractivity contribution in [2.75, 3.05) is 45.3 Å². The minimum Gasteiger partial charge on any atom is -0.481 e. The normalized spacial score (nSPS) is 19.8. The summed E-state index contributed by atoms with van der Waals surface area (Å²) in [5.41, 5.74) is 0. The van der Waals surface area contributed by atoms with Gasteiger partial charge in [0.1, 0.15) is 12.4 Å². The van der Waals surface area contributed by atoms with Gasteiger partial charge in [-0.05, 0) is 13.0 Å². The molecule has 118 valence electrons. The lowest BCUT2D eigenvalue weighted by Gasteiger charge is -2.41. The molecule has 1 aliphatic heterocycles. The molecule has 1 atom stereocenters. The Morgan fingerprint density at radius 1 is 1.24 bits per heavy atom. The molecule has 0 N–H and O–H groups in total. The van der Waals surface area contributed by atoms with Crippen LogP contribution in [0.3, 0.4) is 0 Å². The highest BCUT2D eigenvalue weighted by atomic mass is 16.5. The maximum Gasteiger partial charge on any atom is 0.218 e. The molecule has 1 aromatic heterocycles. The van der Waals surface area contributed by atoms with Gasteiger partial charge in [0, 0.05) is 38.9 Å². The van der Waals surface area contributed by atoms with Gasteiger partial charge in [0.2, 0.25) is 5.88 Å². The predicted molar refractivity (Wildman–Crippen MR) is 82.8 cm³/mol. The maximum atomic E-state index is 5.30. The SMILES string of the molecule is CCC1CN(CC)CCN1c1cc(OC)nc(COC)n1. The summed E-state index contributed by atoms with van der Waals surface area (Å²) < 4.78 is 10.5. The third-order valence-electron chi connectivity index (χ3n) is 4.00. The fraction of sp³-hybridized carbons (Fsp3) is 0.733. The van der Waals surface area contributed by atoms with E-state index in [4.69, 9.17) is 9.47 Å². The molecule has 0 aromatic carbocycles. The van der Waals surface area contributed by atoms with Gasteiger partial charge in [0.25, 0.3) is 0 Å². The molecule has 1 aliphatic rings. The first-order valence-corrected chi connectivity index (χ1v) is 7.61. The summed E-state index contributed by atoms with van der Waals surface area (Å²) in [6, 6.07) is 2.40. The number of ether oxygens (including phenoxy) is 2. The molecule has 6 heteroatoms. The third kappa shape index (κ3) is 3.83. The average Bonchev–Trinajstić information content (AvgIpc) is 2.54. The van der Waals surface area contributed by atoms with Crippen LogP contribution in [0.2, 0.25) is 0 Å². The predicted octanol–water partition coefficient (Wildman–Crippen LogP) is 1.55. The van der Waals surface area contributed by atoms with Gasteiger partial charge < -0.3 is 14.4 Å². The molecule has 0 spiro atoms. The summed E-state index contributed by atoms with van der Waals surface area (Å²) >= 11 is 0. The molecule has 1 saturated heterocycles. The molecule has 0 amide bonds. The van der Waals surface area contributed by atoms with Gasteiger partial charge in [0.05, 0.1) is 7.11 Å². The van der Waals surface area contributed by atoms with Crippen LogP contribution in [0.25, 0.3) is 0 Å². The number of likely N-dealkylation sites (N-methyl/N-ethyl adjacent to an activating group) is 1. The van der Waals surface area contributed by atoms with Gasteiger partial charge in [-0.15, -0.1) is 0 Å². The zero-order valence-corrected chi connectivity index (χ0v) is 13.5. The lowest BCUT2D eigenvalue weighted by atomic mass is 10.1. The van der Waals surface area contributed by atoms with E-state index in [9.17, 15) is 0 Å². The smallest absolute Gasteiger partial charge is 0.218 e. The van der Waals surface area contributed by atoms with Crippen LogP contribution in [0.5, 0.6) is 5.88 Å². The summed E-state index contributed by atoms with van der Waals surface area (Å²) in [5, 5.41) is 0. The van der Waals surface area contributed by atoms with E-state index in [-0.39, 0.29) is 0 Å². The number of aromatic nitrogens is 2. The zero-order chi connectivity index (χ0) is 15.2. The Labute approximate surface area is 127 Å². The van der Waals surface area contributed by atoms with Gasteiger partial charge in [-0.1, -0.05) is 13.8 Å². The minimum absolute atomic E-state index is 0.399. The van der Waals surface area contributed by atoms with E-state index >= 15 is 0 Å². The van der Waals surface area contributed by atoms with Gasteiger partial charge in [-0.2, -0.15) is 4.98 Å². The number of rotatable bonds is 6. The molecule has 2 heterocycles. The van der Waals surface area contributed by atoms with Crippen molar-refractivity contribution >= 4 is 5.82 Å². The van der Waals surface area contributed by atoms with Crippen molar-refractivity contribution in [1.82, 2.24) is 14.9 Å². The Kier molecular flexibility index (Phi) is 5.76. The maximum absolute atomic E-state index is 5.30. The Hall–Kier alpha value is -1.40. The number of anilines is 1. The van der Waals surface area contributed by atoms with E-state index in [2.05, 4.69) is 33.6 Å². The molecule has 2 rings (SSSR count). The molecule has 0 aliphatic carbocycles. The minimum atomic E-state index is 0.399. The zero-order valence-electron chi connectivity index (χ0n) is 13.5. The highest BCUT2D eigenvalue weighted by Crippen LogP contribution is 2.23. The Morgan fingerprint density at radius 2 is 2.05 bits per heavy atom.